The molecule has 0 fully saturated rings. The van der Waals surface area contributed by atoms with Gasteiger partial charge in [-0.2, -0.15) is 10.2 Å². The quantitative estimate of drug-likeness (QED) is 0.862. The van der Waals surface area contributed by atoms with Crippen LogP contribution in [0.2, 0.25) is 5.15 Å². The van der Waals surface area contributed by atoms with E-state index in [4.69, 9.17) is 22.1 Å². The Morgan fingerprint density at radius 3 is 2.75 bits per heavy atom. The van der Waals surface area contributed by atoms with Crippen molar-refractivity contribution in [3.8, 4) is 0 Å². The van der Waals surface area contributed by atoms with Gasteiger partial charge in [0.15, 0.2) is 5.69 Å². The smallest absolute Gasteiger partial charge is 0.361 e. The maximum atomic E-state index is 11.6. The Labute approximate surface area is 121 Å². The van der Waals surface area contributed by atoms with Gasteiger partial charge in [-0.25, -0.2) is 4.79 Å². The lowest BCUT2D eigenvalue weighted by Gasteiger charge is -2.01. The number of rotatable bonds is 4. The number of hydrogen-bond acceptors (Lipinski definition) is 5. The largest absolute Gasteiger partial charge is 0.461 e. The van der Waals surface area contributed by atoms with Crippen molar-refractivity contribution in [2.75, 3.05) is 12.3 Å². The molecule has 0 bridgehead atoms. The van der Waals surface area contributed by atoms with E-state index >= 15 is 0 Å². The number of nitrogen functional groups attached to an aromatic ring is 1. The molecule has 0 radical (unpaired) electrons. The predicted octanol–water partition coefficient (Wildman–Crippen LogP) is 1.39. The lowest BCUT2D eigenvalue weighted by molar-refractivity contribution is 0.0519. The number of nitrogens with two attached hydrogens (primary N) is 1. The van der Waals surface area contributed by atoms with Crippen molar-refractivity contribution >= 4 is 23.3 Å². The highest BCUT2D eigenvalue weighted by Crippen LogP contribution is 2.20. The first-order valence-corrected chi connectivity index (χ1v) is 6.49. The van der Waals surface area contributed by atoms with E-state index in [9.17, 15) is 4.79 Å². The van der Waals surface area contributed by atoms with Gasteiger partial charge in [0.2, 0.25) is 0 Å². The van der Waals surface area contributed by atoms with Crippen LogP contribution in [0.1, 0.15) is 28.7 Å². The summed E-state index contributed by atoms with van der Waals surface area (Å²) in [6, 6.07) is 0. The number of hydrogen-bond donors (Lipinski definition) is 1. The van der Waals surface area contributed by atoms with Crippen LogP contribution in [-0.2, 0) is 18.3 Å². The third-order valence-electron chi connectivity index (χ3n) is 2.85. The number of esters is 1. The van der Waals surface area contributed by atoms with Crippen LogP contribution in [0.15, 0.2) is 6.20 Å². The number of halogens is 1. The van der Waals surface area contributed by atoms with Gasteiger partial charge in [0.25, 0.3) is 0 Å². The van der Waals surface area contributed by atoms with E-state index in [1.165, 1.54) is 0 Å². The maximum absolute atomic E-state index is 11.6. The second-order valence-corrected chi connectivity index (χ2v) is 4.69. The Hall–Kier alpha value is -2.02. The average Bonchev–Trinajstić information content (AvgIpc) is 2.86. The van der Waals surface area contributed by atoms with E-state index < -0.39 is 5.97 Å². The summed E-state index contributed by atoms with van der Waals surface area (Å²) in [4.78, 5) is 11.6. The highest BCUT2D eigenvalue weighted by atomic mass is 35.5. The Morgan fingerprint density at radius 2 is 2.20 bits per heavy atom. The minimum atomic E-state index is -0.530. The SMILES string of the molecule is CCOC(=O)c1nn(Cc2c(C)nn(C)c2Cl)cc1N. The molecule has 8 heteroatoms. The summed E-state index contributed by atoms with van der Waals surface area (Å²) in [5.74, 6) is -0.530. The van der Waals surface area contributed by atoms with Gasteiger partial charge in [-0.15, -0.1) is 0 Å². The standard InChI is InChI=1S/C12H16ClN5O2/c1-4-20-12(19)10-9(14)6-18(16-10)5-8-7(2)15-17(3)11(8)13/h6H,4-5,14H2,1-3H3. The molecule has 108 valence electrons. The normalized spacial score (nSPS) is 10.8. The summed E-state index contributed by atoms with van der Waals surface area (Å²) >= 11 is 6.16. The molecule has 2 aromatic heterocycles. The van der Waals surface area contributed by atoms with Gasteiger partial charge >= 0.3 is 5.97 Å². The zero-order chi connectivity index (χ0) is 14.9. The molecule has 0 aromatic carbocycles. The van der Waals surface area contributed by atoms with Crippen LogP contribution in [-0.4, -0.2) is 32.1 Å². The van der Waals surface area contributed by atoms with Crippen molar-refractivity contribution < 1.29 is 9.53 Å². The van der Waals surface area contributed by atoms with Crippen LogP contribution in [0.5, 0.6) is 0 Å². The molecular weight excluding hydrogens is 282 g/mol. The highest BCUT2D eigenvalue weighted by Gasteiger charge is 2.18. The number of nitrogens with zero attached hydrogens (tertiary/aromatic N) is 4. The summed E-state index contributed by atoms with van der Waals surface area (Å²) in [5, 5.41) is 8.89. The molecule has 0 aliphatic heterocycles. The summed E-state index contributed by atoms with van der Waals surface area (Å²) in [6.07, 6.45) is 1.58. The van der Waals surface area contributed by atoms with Crippen molar-refractivity contribution in [1.82, 2.24) is 19.6 Å². The van der Waals surface area contributed by atoms with Crippen LogP contribution >= 0.6 is 11.6 Å². The minimum absolute atomic E-state index is 0.115. The molecule has 0 aliphatic rings. The average molecular weight is 298 g/mol. The molecule has 2 rings (SSSR count). The van der Waals surface area contributed by atoms with Gasteiger partial charge in [0.1, 0.15) is 5.15 Å². The van der Waals surface area contributed by atoms with Crippen molar-refractivity contribution in [2.24, 2.45) is 7.05 Å². The summed E-state index contributed by atoms with van der Waals surface area (Å²) in [6.45, 7) is 4.25. The molecule has 2 heterocycles. The van der Waals surface area contributed by atoms with Gasteiger partial charge < -0.3 is 10.5 Å². The number of aromatic nitrogens is 4. The lowest BCUT2D eigenvalue weighted by atomic mass is 10.2. The fraction of sp³-hybridized carbons (Fsp3) is 0.417. The number of anilines is 1. The minimum Gasteiger partial charge on any atom is -0.461 e. The molecule has 20 heavy (non-hydrogen) atoms. The molecular formula is C12H16ClN5O2. The molecule has 2 N–H and O–H groups in total. The Morgan fingerprint density at radius 1 is 1.50 bits per heavy atom. The second-order valence-electron chi connectivity index (χ2n) is 4.33. The number of carbonyl (C=O) groups excluding carboxylic acids is 1. The zero-order valence-electron chi connectivity index (χ0n) is 11.6. The maximum Gasteiger partial charge on any atom is 0.361 e. The number of carbonyl (C=O) groups is 1. The first-order valence-electron chi connectivity index (χ1n) is 6.12. The summed E-state index contributed by atoms with van der Waals surface area (Å²) in [7, 11) is 1.76. The van der Waals surface area contributed by atoms with Gasteiger partial charge in [-0.3, -0.25) is 9.36 Å². The van der Waals surface area contributed by atoms with Crippen molar-refractivity contribution in [3.05, 3.63) is 28.3 Å². The summed E-state index contributed by atoms with van der Waals surface area (Å²) < 4.78 is 8.03. The zero-order valence-corrected chi connectivity index (χ0v) is 12.3. The first-order chi connectivity index (χ1) is 9.43. The molecule has 0 amide bonds. The van der Waals surface area contributed by atoms with E-state index in [0.29, 0.717) is 11.7 Å². The topological polar surface area (TPSA) is 88.0 Å². The molecule has 7 nitrogen and oxygen atoms in total. The molecule has 0 saturated heterocycles. The van der Waals surface area contributed by atoms with Crippen LogP contribution < -0.4 is 5.73 Å². The Balaban J connectivity index is 2.27. The van der Waals surface area contributed by atoms with Crippen molar-refractivity contribution in [2.45, 2.75) is 20.4 Å². The molecule has 0 unspecified atom stereocenters. The van der Waals surface area contributed by atoms with Gasteiger partial charge in [0.05, 0.1) is 24.5 Å². The monoisotopic (exact) mass is 297 g/mol. The highest BCUT2D eigenvalue weighted by molar-refractivity contribution is 6.30. The fourth-order valence-corrected chi connectivity index (χ4v) is 2.13. The van der Waals surface area contributed by atoms with Crippen LogP contribution in [0.25, 0.3) is 0 Å². The predicted molar refractivity (Wildman–Crippen MR) is 74.7 cm³/mol. The summed E-state index contributed by atoms with van der Waals surface area (Å²) in [5.41, 5.74) is 7.81. The van der Waals surface area contributed by atoms with Gasteiger partial charge in [-0.1, -0.05) is 11.6 Å². The van der Waals surface area contributed by atoms with E-state index in [2.05, 4.69) is 10.2 Å². The van der Waals surface area contributed by atoms with E-state index in [1.54, 1.807) is 29.5 Å². The van der Waals surface area contributed by atoms with Gasteiger partial charge in [0, 0.05) is 18.8 Å². The Kier molecular flexibility index (Phi) is 3.99. The van der Waals surface area contributed by atoms with Crippen molar-refractivity contribution in [3.63, 3.8) is 0 Å². The second kappa shape index (κ2) is 5.54. The van der Waals surface area contributed by atoms with E-state index in [-0.39, 0.29) is 18.0 Å². The van der Waals surface area contributed by atoms with E-state index in [1.807, 2.05) is 6.92 Å². The number of aryl methyl sites for hydroxylation is 2. The van der Waals surface area contributed by atoms with Gasteiger partial charge in [-0.05, 0) is 13.8 Å². The lowest BCUT2D eigenvalue weighted by Crippen LogP contribution is -2.09. The molecule has 0 saturated carbocycles. The molecule has 2 aromatic rings. The number of ether oxygens (including phenoxy) is 1. The Bertz CT molecular complexity index is 647. The first kappa shape index (κ1) is 14.4. The molecule has 0 aliphatic carbocycles. The third kappa shape index (κ3) is 2.62. The fourth-order valence-electron chi connectivity index (χ4n) is 1.89. The molecule has 0 spiro atoms. The van der Waals surface area contributed by atoms with Crippen LogP contribution in [0, 0.1) is 6.92 Å². The van der Waals surface area contributed by atoms with Crippen LogP contribution in [0.3, 0.4) is 0 Å². The van der Waals surface area contributed by atoms with Crippen molar-refractivity contribution in [1.29, 1.82) is 0 Å². The van der Waals surface area contributed by atoms with Crippen LogP contribution in [0.4, 0.5) is 5.69 Å². The molecule has 0 atom stereocenters. The third-order valence-corrected chi connectivity index (χ3v) is 3.32. The van der Waals surface area contributed by atoms with E-state index in [0.717, 1.165) is 11.3 Å².